The molecule has 0 amide bonds. The maximum Gasteiger partial charge on any atom is 0.131 e. The Morgan fingerprint density at radius 1 is 1.38 bits per heavy atom. The predicted molar refractivity (Wildman–Crippen MR) is 62.2 cm³/mol. The molecule has 0 aliphatic heterocycles. The molecule has 1 aliphatic rings. The number of hydrogen-bond donors (Lipinski definition) is 1. The number of nitrogens with one attached hydrogen (secondary N) is 1. The summed E-state index contributed by atoms with van der Waals surface area (Å²) in [4.78, 5) is 8.83. The van der Waals surface area contributed by atoms with E-state index in [1.165, 1.54) is 19.3 Å². The van der Waals surface area contributed by atoms with Gasteiger partial charge in [0, 0.05) is 44.1 Å². The Morgan fingerprint density at radius 2 is 2.12 bits per heavy atom. The van der Waals surface area contributed by atoms with Gasteiger partial charge in [0.2, 0.25) is 0 Å². The summed E-state index contributed by atoms with van der Waals surface area (Å²) in [5.74, 6) is 1.64. The molecule has 16 heavy (non-hydrogen) atoms. The van der Waals surface area contributed by atoms with Crippen molar-refractivity contribution in [1.29, 1.82) is 0 Å². The van der Waals surface area contributed by atoms with Crippen LogP contribution in [0.3, 0.4) is 0 Å². The lowest BCUT2D eigenvalue weighted by atomic mass is 9.85. The second-order valence-corrected chi connectivity index (χ2v) is 4.25. The summed E-state index contributed by atoms with van der Waals surface area (Å²) in [6, 6.07) is 0. The second-order valence-electron chi connectivity index (χ2n) is 4.25. The van der Waals surface area contributed by atoms with Crippen LogP contribution in [-0.4, -0.2) is 30.2 Å². The zero-order valence-electron chi connectivity index (χ0n) is 9.78. The molecule has 4 nitrogen and oxygen atoms in total. The van der Waals surface area contributed by atoms with Gasteiger partial charge in [0.15, 0.2) is 0 Å². The van der Waals surface area contributed by atoms with Crippen LogP contribution in [-0.2, 0) is 11.3 Å². The van der Waals surface area contributed by atoms with Crippen LogP contribution in [0.2, 0.25) is 0 Å². The minimum absolute atomic E-state index is 0.621. The molecule has 0 radical (unpaired) electrons. The van der Waals surface area contributed by atoms with Gasteiger partial charge in [0.25, 0.3) is 0 Å². The molecule has 88 valence electrons. The molecule has 1 aromatic heterocycles. The first-order chi connectivity index (χ1) is 7.90. The number of aromatic nitrogens is 2. The van der Waals surface area contributed by atoms with Crippen molar-refractivity contribution in [3.05, 3.63) is 23.8 Å². The van der Waals surface area contributed by atoms with E-state index in [0.29, 0.717) is 5.92 Å². The molecule has 0 saturated heterocycles. The lowest BCUT2D eigenvalue weighted by molar-refractivity contribution is 0.199. The van der Waals surface area contributed by atoms with Gasteiger partial charge in [-0.25, -0.2) is 9.97 Å². The summed E-state index contributed by atoms with van der Waals surface area (Å²) in [5.41, 5.74) is 1.14. The lowest BCUT2D eigenvalue weighted by Crippen LogP contribution is -2.19. The summed E-state index contributed by atoms with van der Waals surface area (Å²) in [6.07, 6.45) is 7.70. The largest absolute Gasteiger partial charge is 0.383 e. The molecule has 1 saturated carbocycles. The monoisotopic (exact) mass is 221 g/mol. The maximum absolute atomic E-state index is 4.96. The van der Waals surface area contributed by atoms with Gasteiger partial charge in [-0.05, 0) is 12.8 Å². The average Bonchev–Trinajstić information content (AvgIpc) is 2.24. The SMILES string of the molecule is COCCNCc1cnc(C2CCC2)nc1. The van der Waals surface area contributed by atoms with E-state index in [1.54, 1.807) is 7.11 Å². The van der Waals surface area contributed by atoms with Crippen molar-refractivity contribution in [3.63, 3.8) is 0 Å². The zero-order chi connectivity index (χ0) is 11.2. The minimum atomic E-state index is 0.621. The quantitative estimate of drug-likeness (QED) is 0.739. The zero-order valence-corrected chi connectivity index (χ0v) is 9.78. The Hall–Kier alpha value is -1.00. The summed E-state index contributed by atoms with van der Waals surface area (Å²) in [6.45, 7) is 2.41. The number of rotatable bonds is 6. The molecule has 0 aromatic carbocycles. The first-order valence-electron chi connectivity index (χ1n) is 5.90. The first kappa shape index (κ1) is 11.5. The van der Waals surface area contributed by atoms with Crippen molar-refractivity contribution >= 4 is 0 Å². The number of ether oxygens (including phenoxy) is 1. The van der Waals surface area contributed by atoms with Crippen LogP contribution in [0.25, 0.3) is 0 Å². The molecule has 0 spiro atoms. The van der Waals surface area contributed by atoms with Gasteiger partial charge in [-0.15, -0.1) is 0 Å². The van der Waals surface area contributed by atoms with Gasteiger partial charge >= 0.3 is 0 Å². The van der Waals surface area contributed by atoms with Crippen LogP contribution in [0.15, 0.2) is 12.4 Å². The van der Waals surface area contributed by atoms with Gasteiger partial charge in [0.05, 0.1) is 6.61 Å². The standard InChI is InChI=1S/C12H19N3O/c1-16-6-5-13-7-10-8-14-12(15-9-10)11-3-2-4-11/h8-9,11,13H,2-7H2,1H3. The van der Waals surface area contributed by atoms with Gasteiger partial charge in [-0.2, -0.15) is 0 Å². The van der Waals surface area contributed by atoms with Crippen molar-refractivity contribution in [2.75, 3.05) is 20.3 Å². The Kier molecular flexibility index (Phi) is 4.25. The summed E-state index contributed by atoms with van der Waals surface area (Å²) >= 11 is 0. The molecule has 1 N–H and O–H groups in total. The predicted octanol–water partition coefficient (Wildman–Crippen LogP) is 1.48. The topological polar surface area (TPSA) is 47.0 Å². The molecule has 0 bridgehead atoms. The van der Waals surface area contributed by atoms with Crippen molar-refractivity contribution in [3.8, 4) is 0 Å². The van der Waals surface area contributed by atoms with E-state index >= 15 is 0 Å². The van der Waals surface area contributed by atoms with E-state index in [2.05, 4.69) is 15.3 Å². The Balaban J connectivity index is 1.77. The van der Waals surface area contributed by atoms with Crippen LogP contribution in [0.4, 0.5) is 0 Å². The van der Waals surface area contributed by atoms with Gasteiger partial charge in [-0.1, -0.05) is 6.42 Å². The Morgan fingerprint density at radius 3 is 2.69 bits per heavy atom. The van der Waals surface area contributed by atoms with Crippen molar-refractivity contribution in [1.82, 2.24) is 15.3 Å². The average molecular weight is 221 g/mol. The maximum atomic E-state index is 4.96. The van der Waals surface area contributed by atoms with Crippen LogP contribution in [0.5, 0.6) is 0 Å². The lowest BCUT2D eigenvalue weighted by Gasteiger charge is -2.23. The van der Waals surface area contributed by atoms with Gasteiger partial charge in [-0.3, -0.25) is 0 Å². The summed E-state index contributed by atoms with van der Waals surface area (Å²) < 4.78 is 4.96. The van der Waals surface area contributed by atoms with Crippen LogP contribution in [0, 0.1) is 0 Å². The molecule has 4 heteroatoms. The third-order valence-electron chi connectivity index (χ3n) is 3.01. The molecule has 1 fully saturated rings. The summed E-state index contributed by atoms with van der Waals surface area (Å²) in [5, 5.41) is 3.27. The third kappa shape index (κ3) is 3.00. The highest BCUT2D eigenvalue weighted by Crippen LogP contribution is 2.33. The number of nitrogens with zero attached hydrogens (tertiary/aromatic N) is 2. The van der Waals surface area contributed by atoms with Crippen LogP contribution in [0.1, 0.15) is 36.6 Å². The minimum Gasteiger partial charge on any atom is -0.383 e. The molecule has 0 atom stereocenters. The molecular formula is C12H19N3O. The molecule has 1 aliphatic carbocycles. The van der Waals surface area contributed by atoms with Crippen molar-refractivity contribution in [2.24, 2.45) is 0 Å². The fourth-order valence-corrected chi connectivity index (χ4v) is 1.74. The Labute approximate surface area is 96.4 Å². The molecule has 0 unspecified atom stereocenters. The van der Waals surface area contributed by atoms with Gasteiger partial charge < -0.3 is 10.1 Å². The second kappa shape index (κ2) is 5.92. The fourth-order valence-electron chi connectivity index (χ4n) is 1.74. The smallest absolute Gasteiger partial charge is 0.131 e. The molecule has 1 aromatic rings. The molecule has 2 rings (SSSR count). The number of methoxy groups -OCH3 is 1. The van der Waals surface area contributed by atoms with Crippen molar-refractivity contribution in [2.45, 2.75) is 31.7 Å². The van der Waals surface area contributed by atoms with Crippen molar-refractivity contribution < 1.29 is 4.74 Å². The highest BCUT2D eigenvalue weighted by atomic mass is 16.5. The fraction of sp³-hybridized carbons (Fsp3) is 0.667. The highest BCUT2D eigenvalue weighted by molar-refractivity contribution is 5.08. The summed E-state index contributed by atoms with van der Waals surface area (Å²) in [7, 11) is 1.71. The van der Waals surface area contributed by atoms with E-state index < -0.39 is 0 Å². The Bertz CT molecular complexity index is 309. The third-order valence-corrected chi connectivity index (χ3v) is 3.01. The van der Waals surface area contributed by atoms with E-state index in [9.17, 15) is 0 Å². The molecule has 1 heterocycles. The van der Waals surface area contributed by atoms with E-state index in [0.717, 1.165) is 31.1 Å². The van der Waals surface area contributed by atoms with Gasteiger partial charge in [0.1, 0.15) is 5.82 Å². The first-order valence-corrected chi connectivity index (χ1v) is 5.90. The molecular weight excluding hydrogens is 202 g/mol. The van der Waals surface area contributed by atoms with E-state index in [4.69, 9.17) is 4.74 Å². The van der Waals surface area contributed by atoms with E-state index in [-0.39, 0.29) is 0 Å². The van der Waals surface area contributed by atoms with Crippen LogP contribution < -0.4 is 5.32 Å². The highest BCUT2D eigenvalue weighted by Gasteiger charge is 2.21. The van der Waals surface area contributed by atoms with E-state index in [1.807, 2.05) is 12.4 Å². The number of hydrogen-bond acceptors (Lipinski definition) is 4. The normalized spacial score (nSPS) is 16.1. The van der Waals surface area contributed by atoms with Crippen LogP contribution >= 0.6 is 0 Å².